The van der Waals surface area contributed by atoms with E-state index in [2.05, 4.69) is 36.6 Å². The van der Waals surface area contributed by atoms with Crippen molar-refractivity contribution in [2.75, 3.05) is 11.9 Å². The van der Waals surface area contributed by atoms with Crippen LogP contribution in [0.4, 0.5) is 5.69 Å². The summed E-state index contributed by atoms with van der Waals surface area (Å²) in [5.41, 5.74) is 4.47. The Hall–Kier alpha value is -1.35. The standard InChI is InChI=1S/C16H24N2O/c1-10-5-6-17-14(9-10)16(19)18-15-12(3)7-11(2)8-13(15)4/h7-8,10,14,17H,5-6,9H2,1-4H3,(H,18,19). The molecule has 2 N–H and O–H groups in total. The molecule has 1 saturated heterocycles. The van der Waals surface area contributed by atoms with Gasteiger partial charge in [0.25, 0.3) is 0 Å². The SMILES string of the molecule is Cc1cc(C)c(NC(=O)C2CC(C)CCN2)c(C)c1. The van der Waals surface area contributed by atoms with Crippen molar-refractivity contribution in [3.63, 3.8) is 0 Å². The van der Waals surface area contributed by atoms with E-state index in [4.69, 9.17) is 0 Å². The Morgan fingerprint density at radius 2 is 1.89 bits per heavy atom. The van der Waals surface area contributed by atoms with Crippen LogP contribution in [0.15, 0.2) is 12.1 Å². The molecule has 0 saturated carbocycles. The second kappa shape index (κ2) is 5.74. The highest BCUT2D eigenvalue weighted by atomic mass is 16.2. The third-order valence-electron chi connectivity index (χ3n) is 3.91. The minimum absolute atomic E-state index is 0.0520. The lowest BCUT2D eigenvalue weighted by molar-refractivity contribution is -0.119. The van der Waals surface area contributed by atoms with E-state index in [-0.39, 0.29) is 11.9 Å². The third kappa shape index (κ3) is 3.35. The summed E-state index contributed by atoms with van der Waals surface area (Å²) in [6.07, 6.45) is 2.09. The van der Waals surface area contributed by atoms with Crippen LogP contribution in [-0.4, -0.2) is 18.5 Å². The van der Waals surface area contributed by atoms with Crippen LogP contribution in [-0.2, 0) is 4.79 Å². The molecule has 19 heavy (non-hydrogen) atoms. The number of nitrogens with one attached hydrogen (secondary N) is 2. The lowest BCUT2D eigenvalue weighted by Gasteiger charge is -2.27. The molecule has 104 valence electrons. The van der Waals surface area contributed by atoms with E-state index in [0.717, 1.165) is 36.2 Å². The number of anilines is 1. The van der Waals surface area contributed by atoms with Crippen molar-refractivity contribution in [2.45, 2.75) is 46.6 Å². The highest BCUT2D eigenvalue weighted by Gasteiger charge is 2.25. The first-order valence-corrected chi connectivity index (χ1v) is 7.09. The molecule has 2 rings (SSSR count). The first-order chi connectivity index (χ1) is 8.97. The van der Waals surface area contributed by atoms with Gasteiger partial charge in [-0.15, -0.1) is 0 Å². The van der Waals surface area contributed by atoms with Gasteiger partial charge in [0, 0.05) is 5.69 Å². The topological polar surface area (TPSA) is 41.1 Å². The predicted molar refractivity (Wildman–Crippen MR) is 79.5 cm³/mol. The molecule has 0 spiro atoms. The molecule has 2 unspecified atom stereocenters. The summed E-state index contributed by atoms with van der Waals surface area (Å²) in [5.74, 6) is 0.721. The van der Waals surface area contributed by atoms with Gasteiger partial charge in [-0.05, 0) is 57.2 Å². The highest BCUT2D eigenvalue weighted by molar-refractivity contribution is 5.96. The smallest absolute Gasteiger partial charge is 0.241 e. The monoisotopic (exact) mass is 260 g/mol. The fraction of sp³-hybridized carbons (Fsp3) is 0.562. The number of rotatable bonds is 2. The van der Waals surface area contributed by atoms with Crippen molar-refractivity contribution in [3.05, 3.63) is 28.8 Å². The van der Waals surface area contributed by atoms with Crippen LogP contribution in [0, 0.1) is 26.7 Å². The molecular formula is C16H24N2O. The Bertz CT molecular complexity index is 459. The number of hydrogen-bond acceptors (Lipinski definition) is 2. The number of benzene rings is 1. The molecule has 1 amide bonds. The van der Waals surface area contributed by atoms with Crippen LogP contribution < -0.4 is 10.6 Å². The van der Waals surface area contributed by atoms with Gasteiger partial charge in [-0.1, -0.05) is 24.6 Å². The second-order valence-corrected chi connectivity index (χ2v) is 5.90. The first-order valence-electron chi connectivity index (χ1n) is 7.09. The number of carbonyl (C=O) groups excluding carboxylic acids is 1. The van der Waals surface area contributed by atoms with Gasteiger partial charge in [0.05, 0.1) is 6.04 Å². The Labute approximate surface area is 115 Å². The van der Waals surface area contributed by atoms with E-state index in [1.54, 1.807) is 0 Å². The van der Waals surface area contributed by atoms with E-state index in [0.29, 0.717) is 5.92 Å². The molecule has 3 nitrogen and oxygen atoms in total. The molecule has 3 heteroatoms. The van der Waals surface area contributed by atoms with Crippen LogP contribution >= 0.6 is 0 Å². The Morgan fingerprint density at radius 1 is 1.26 bits per heavy atom. The summed E-state index contributed by atoms with van der Waals surface area (Å²) < 4.78 is 0. The van der Waals surface area contributed by atoms with E-state index in [9.17, 15) is 4.79 Å². The number of carbonyl (C=O) groups is 1. The molecule has 1 aliphatic heterocycles. The molecule has 1 heterocycles. The molecule has 1 aromatic carbocycles. The van der Waals surface area contributed by atoms with Crippen LogP contribution in [0.5, 0.6) is 0 Å². The Kier molecular flexibility index (Phi) is 4.25. The van der Waals surface area contributed by atoms with Gasteiger partial charge in [0.2, 0.25) is 5.91 Å². The zero-order chi connectivity index (χ0) is 14.0. The van der Waals surface area contributed by atoms with Crippen LogP contribution in [0.25, 0.3) is 0 Å². The van der Waals surface area contributed by atoms with Crippen molar-refractivity contribution in [1.29, 1.82) is 0 Å². The molecule has 1 fully saturated rings. The largest absolute Gasteiger partial charge is 0.324 e. The van der Waals surface area contributed by atoms with Crippen molar-refractivity contribution < 1.29 is 4.79 Å². The van der Waals surface area contributed by atoms with Crippen molar-refractivity contribution in [2.24, 2.45) is 5.92 Å². The predicted octanol–water partition coefficient (Wildman–Crippen LogP) is 2.94. The maximum atomic E-state index is 12.3. The summed E-state index contributed by atoms with van der Waals surface area (Å²) >= 11 is 0. The molecule has 1 aliphatic rings. The van der Waals surface area contributed by atoms with E-state index in [1.165, 1.54) is 5.56 Å². The van der Waals surface area contributed by atoms with E-state index < -0.39 is 0 Å². The summed E-state index contributed by atoms with van der Waals surface area (Å²) in [6.45, 7) is 9.32. The minimum atomic E-state index is -0.0520. The lowest BCUT2D eigenvalue weighted by atomic mass is 9.93. The summed E-state index contributed by atoms with van der Waals surface area (Å²) in [4.78, 5) is 12.3. The maximum absolute atomic E-state index is 12.3. The van der Waals surface area contributed by atoms with E-state index >= 15 is 0 Å². The Morgan fingerprint density at radius 3 is 2.47 bits per heavy atom. The van der Waals surface area contributed by atoms with E-state index in [1.807, 2.05) is 13.8 Å². The van der Waals surface area contributed by atoms with Gasteiger partial charge in [-0.3, -0.25) is 4.79 Å². The zero-order valence-corrected chi connectivity index (χ0v) is 12.3. The molecule has 0 radical (unpaired) electrons. The Balaban J connectivity index is 2.10. The van der Waals surface area contributed by atoms with Gasteiger partial charge in [-0.2, -0.15) is 0 Å². The lowest BCUT2D eigenvalue weighted by Crippen LogP contribution is -2.45. The fourth-order valence-corrected chi connectivity index (χ4v) is 2.89. The van der Waals surface area contributed by atoms with Gasteiger partial charge in [0.15, 0.2) is 0 Å². The number of aryl methyl sites for hydroxylation is 3. The van der Waals surface area contributed by atoms with Gasteiger partial charge in [-0.25, -0.2) is 0 Å². The molecule has 0 aromatic heterocycles. The number of piperidine rings is 1. The summed E-state index contributed by atoms with van der Waals surface area (Å²) in [7, 11) is 0. The molecule has 0 aliphatic carbocycles. The number of hydrogen-bond donors (Lipinski definition) is 2. The van der Waals surface area contributed by atoms with Crippen LogP contribution in [0.1, 0.15) is 36.5 Å². The molecule has 1 aromatic rings. The van der Waals surface area contributed by atoms with Crippen molar-refractivity contribution in [3.8, 4) is 0 Å². The fourth-order valence-electron chi connectivity index (χ4n) is 2.89. The van der Waals surface area contributed by atoms with Crippen molar-refractivity contribution >= 4 is 11.6 Å². The molecule has 0 bridgehead atoms. The van der Waals surface area contributed by atoms with Crippen LogP contribution in [0.3, 0.4) is 0 Å². The quantitative estimate of drug-likeness (QED) is 0.858. The van der Waals surface area contributed by atoms with Gasteiger partial charge in [0.1, 0.15) is 0 Å². The second-order valence-electron chi connectivity index (χ2n) is 5.90. The minimum Gasteiger partial charge on any atom is -0.324 e. The molecule has 2 atom stereocenters. The van der Waals surface area contributed by atoms with Crippen LogP contribution in [0.2, 0.25) is 0 Å². The van der Waals surface area contributed by atoms with Gasteiger partial charge < -0.3 is 10.6 Å². The average Bonchev–Trinajstić information content (AvgIpc) is 2.33. The average molecular weight is 260 g/mol. The van der Waals surface area contributed by atoms with Gasteiger partial charge >= 0.3 is 0 Å². The first kappa shape index (κ1) is 14.1. The maximum Gasteiger partial charge on any atom is 0.241 e. The molecular weight excluding hydrogens is 236 g/mol. The summed E-state index contributed by atoms with van der Waals surface area (Å²) in [5, 5.41) is 6.40. The third-order valence-corrected chi connectivity index (χ3v) is 3.91. The summed E-state index contributed by atoms with van der Waals surface area (Å²) in [6, 6.07) is 4.17. The normalized spacial score (nSPS) is 23.2. The highest BCUT2D eigenvalue weighted by Crippen LogP contribution is 2.23. The zero-order valence-electron chi connectivity index (χ0n) is 12.3. The number of amides is 1. The van der Waals surface area contributed by atoms with Crippen molar-refractivity contribution in [1.82, 2.24) is 5.32 Å².